The van der Waals surface area contributed by atoms with Crippen LogP contribution in [0.2, 0.25) is 0 Å². The van der Waals surface area contributed by atoms with Gasteiger partial charge in [0, 0.05) is 20.3 Å². The summed E-state index contributed by atoms with van der Waals surface area (Å²) in [5.41, 5.74) is 0.166. The van der Waals surface area contributed by atoms with E-state index < -0.39 is 18.0 Å². The Kier molecular flexibility index (Phi) is 4.74. The van der Waals surface area contributed by atoms with Crippen LogP contribution in [0, 0.1) is 5.41 Å². The molecule has 0 unspecified atom stereocenters. The SMILES string of the molecule is COCCC1(CNC(=O)N[C@@H](C)C(=O)O)CC1. The zero-order chi connectivity index (χ0) is 12.9. The summed E-state index contributed by atoms with van der Waals surface area (Å²) >= 11 is 0. The van der Waals surface area contributed by atoms with Gasteiger partial charge in [-0.3, -0.25) is 4.79 Å². The molecule has 1 saturated carbocycles. The second-order valence-electron chi connectivity index (χ2n) is 4.63. The molecule has 0 heterocycles. The molecule has 0 aromatic heterocycles. The summed E-state index contributed by atoms with van der Waals surface area (Å²) in [6.45, 7) is 2.70. The molecule has 2 amide bonds. The molecule has 1 aliphatic rings. The van der Waals surface area contributed by atoms with E-state index in [0.29, 0.717) is 13.2 Å². The molecular weight excluding hydrogens is 224 g/mol. The average molecular weight is 244 g/mol. The Hall–Kier alpha value is -1.30. The van der Waals surface area contributed by atoms with Gasteiger partial charge in [0.1, 0.15) is 6.04 Å². The maximum atomic E-state index is 11.4. The van der Waals surface area contributed by atoms with Crippen LogP contribution in [0.1, 0.15) is 26.2 Å². The zero-order valence-corrected chi connectivity index (χ0v) is 10.3. The summed E-state index contributed by atoms with van der Waals surface area (Å²) in [4.78, 5) is 21.9. The quantitative estimate of drug-likeness (QED) is 0.611. The van der Waals surface area contributed by atoms with Crippen LogP contribution in [0.3, 0.4) is 0 Å². The topological polar surface area (TPSA) is 87.7 Å². The van der Waals surface area contributed by atoms with E-state index in [2.05, 4.69) is 10.6 Å². The zero-order valence-electron chi connectivity index (χ0n) is 10.3. The van der Waals surface area contributed by atoms with Crippen LogP contribution in [0.4, 0.5) is 4.79 Å². The smallest absolute Gasteiger partial charge is 0.325 e. The van der Waals surface area contributed by atoms with Crippen LogP contribution in [0.15, 0.2) is 0 Å². The highest BCUT2D eigenvalue weighted by Gasteiger charge is 2.42. The van der Waals surface area contributed by atoms with Gasteiger partial charge in [0.25, 0.3) is 0 Å². The van der Waals surface area contributed by atoms with Gasteiger partial charge in [-0.15, -0.1) is 0 Å². The lowest BCUT2D eigenvalue weighted by molar-refractivity contribution is -0.138. The average Bonchev–Trinajstić information content (AvgIpc) is 3.04. The highest BCUT2D eigenvalue weighted by molar-refractivity contribution is 5.82. The molecule has 1 fully saturated rings. The number of ether oxygens (including phenoxy) is 1. The van der Waals surface area contributed by atoms with Gasteiger partial charge >= 0.3 is 12.0 Å². The molecule has 0 radical (unpaired) electrons. The van der Waals surface area contributed by atoms with Crippen molar-refractivity contribution in [3.05, 3.63) is 0 Å². The number of urea groups is 1. The normalized spacial score (nSPS) is 18.2. The number of amides is 2. The summed E-state index contributed by atoms with van der Waals surface area (Å²) in [5.74, 6) is -1.04. The lowest BCUT2D eigenvalue weighted by Gasteiger charge is -2.16. The number of aliphatic carboxylic acids is 1. The summed E-state index contributed by atoms with van der Waals surface area (Å²) in [6, 6.07) is -1.30. The van der Waals surface area contributed by atoms with Crippen molar-refractivity contribution >= 4 is 12.0 Å². The predicted octanol–water partition coefficient (Wildman–Crippen LogP) is 0.575. The molecule has 0 aromatic carbocycles. The van der Waals surface area contributed by atoms with Crippen molar-refractivity contribution in [3.8, 4) is 0 Å². The van der Waals surface area contributed by atoms with Crippen molar-refractivity contribution in [2.24, 2.45) is 5.41 Å². The molecule has 6 nitrogen and oxygen atoms in total. The van der Waals surface area contributed by atoms with Gasteiger partial charge in [0.2, 0.25) is 0 Å². The van der Waals surface area contributed by atoms with Gasteiger partial charge in [-0.05, 0) is 31.6 Å². The Morgan fingerprint density at radius 1 is 1.47 bits per heavy atom. The Morgan fingerprint density at radius 2 is 2.12 bits per heavy atom. The lowest BCUT2D eigenvalue weighted by Crippen LogP contribution is -2.45. The van der Waals surface area contributed by atoms with E-state index in [1.165, 1.54) is 6.92 Å². The molecule has 0 aliphatic heterocycles. The molecule has 98 valence electrons. The first-order valence-corrected chi connectivity index (χ1v) is 5.75. The van der Waals surface area contributed by atoms with Crippen molar-refractivity contribution in [1.82, 2.24) is 10.6 Å². The number of carbonyl (C=O) groups excluding carboxylic acids is 1. The third-order valence-corrected chi connectivity index (χ3v) is 3.14. The van der Waals surface area contributed by atoms with Gasteiger partial charge in [0.15, 0.2) is 0 Å². The fourth-order valence-electron chi connectivity index (χ4n) is 1.59. The summed E-state index contributed by atoms with van der Waals surface area (Å²) in [6.07, 6.45) is 3.11. The van der Waals surface area contributed by atoms with Gasteiger partial charge in [-0.2, -0.15) is 0 Å². The van der Waals surface area contributed by atoms with E-state index in [1.807, 2.05) is 0 Å². The minimum atomic E-state index is -1.04. The molecule has 3 N–H and O–H groups in total. The molecule has 0 saturated heterocycles. The van der Waals surface area contributed by atoms with Crippen LogP contribution in [-0.2, 0) is 9.53 Å². The van der Waals surface area contributed by atoms with Crippen molar-refractivity contribution < 1.29 is 19.4 Å². The van der Waals surface area contributed by atoms with E-state index >= 15 is 0 Å². The molecule has 6 heteroatoms. The van der Waals surface area contributed by atoms with Crippen LogP contribution < -0.4 is 10.6 Å². The number of carbonyl (C=O) groups is 2. The number of hydrogen-bond donors (Lipinski definition) is 3. The molecule has 0 spiro atoms. The first-order chi connectivity index (χ1) is 7.99. The van der Waals surface area contributed by atoms with E-state index in [1.54, 1.807) is 7.11 Å². The number of rotatable bonds is 7. The Labute approximate surface area is 101 Å². The summed E-state index contributed by atoms with van der Waals surface area (Å²) in [7, 11) is 1.66. The molecule has 1 aliphatic carbocycles. The van der Waals surface area contributed by atoms with E-state index in [-0.39, 0.29) is 5.41 Å². The number of hydrogen-bond acceptors (Lipinski definition) is 3. The Bertz CT molecular complexity index is 289. The van der Waals surface area contributed by atoms with Crippen molar-refractivity contribution in [1.29, 1.82) is 0 Å². The third kappa shape index (κ3) is 4.60. The van der Waals surface area contributed by atoms with Gasteiger partial charge in [-0.1, -0.05) is 0 Å². The van der Waals surface area contributed by atoms with Crippen LogP contribution in [-0.4, -0.2) is 43.4 Å². The van der Waals surface area contributed by atoms with Crippen LogP contribution in [0.5, 0.6) is 0 Å². The molecule has 1 atom stereocenters. The Balaban J connectivity index is 2.22. The van der Waals surface area contributed by atoms with E-state index in [0.717, 1.165) is 19.3 Å². The molecule has 0 bridgehead atoms. The second kappa shape index (κ2) is 5.86. The fraction of sp³-hybridized carbons (Fsp3) is 0.818. The van der Waals surface area contributed by atoms with E-state index in [4.69, 9.17) is 9.84 Å². The maximum absolute atomic E-state index is 11.4. The van der Waals surface area contributed by atoms with Gasteiger partial charge in [-0.25, -0.2) is 4.79 Å². The highest BCUT2D eigenvalue weighted by Crippen LogP contribution is 2.48. The number of carboxylic acids is 1. The third-order valence-electron chi connectivity index (χ3n) is 3.14. The first kappa shape index (κ1) is 13.8. The summed E-state index contributed by atoms with van der Waals surface area (Å²) in [5, 5.41) is 13.7. The molecular formula is C11H20N2O4. The number of methoxy groups -OCH3 is 1. The van der Waals surface area contributed by atoms with Gasteiger partial charge < -0.3 is 20.5 Å². The first-order valence-electron chi connectivity index (χ1n) is 5.75. The van der Waals surface area contributed by atoms with Crippen molar-refractivity contribution in [2.45, 2.75) is 32.2 Å². The molecule has 0 aromatic rings. The minimum absolute atomic E-state index is 0.166. The largest absolute Gasteiger partial charge is 0.480 e. The molecule has 17 heavy (non-hydrogen) atoms. The second-order valence-corrected chi connectivity index (χ2v) is 4.63. The molecule has 1 rings (SSSR count). The van der Waals surface area contributed by atoms with E-state index in [9.17, 15) is 9.59 Å². The van der Waals surface area contributed by atoms with Crippen molar-refractivity contribution in [2.75, 3.05) is 20.3 Å². The standard InChI is InChI=1S/C11H20N2O4/c1-8(9(14)15)13-10(16)12-7-11(3-4-11)5-6-17-2/h8H,3-7H2,1-2H3,(H,14,15)(H2,12,13,16)/t8-/m0/s1. The number of carboxylic acid groups (broad SMARTS) is 1. The highest BCUT2D eigenvalue weighted by atomic mass is 16.5. The van der Waals surface area contributed by atoms with Crippen LogP contribution in [0.25, 0.3) is 0 Å². The minimum Gasteiger partial charge on any atom is -0.480 e. The summed E-state index contributed by atoms with van der Waals surface area (Å²) < 4.78 is 5.01. The fourth-order valence-corrected chi connectivity index (χ4v) is 1.59. The maximum Gasteiger partial charge on any atom is 0.325 e. The monoisotopic (exact) mass is 244 g/mol. The number of nitrogens with one attached hydrogen (secondary N) is 2. The van der Waals surface area contributed by atoms with Crippen molar-refractivity contribution in [3.63, 3.8) is 0 Å². The van der Waals surface area contributed by atoms with Crippen LogP contribution >= 0.6 is 0 Å². The lowest BCUT2D eigenvalue weighted by atomic mass is 10.0. The predicted molar refractivity (Wildman–Crippen MR) is 61.8 cm³/mol. The van der Waals surface area contributed by atoms with Gasteiger partial charge in [0.05, 0.1) is 0 Å². The Morgan fingerprint density at radius 3 is 2.59 bits per heavy atom.